The Hall–Kier alpha value is -2.39. The van der Waals surface area contributed by atoms with Crippen molar-refractivity contribution in [3.05, 3.63) is 75.9 Å². The van der Waals surface area contributed by atoms with Gasteiger partial charge >= 0.3 is 0 Å². The summed E-state index contributed by atoms with van der Waals surface area (Å²) in [5, 5.41) is 9.70. The quantitative estimate of drug-likeness (QED) is 0.823. The fourth-order valence-electron chi connectivity index (χ4n) is 3.07. The van der Waals surface area contributed by atoms with Crippen LogP contribution < -0.4 is 4.74 Å². The number of aliphatic hydroxyl groups excluding tert-OH is 1. The topological polar surface area (TPSA) is 46.5 Å². The molecule has 1 N–H and O–H groups in total. The first-order valence-corrected chi connectivity index (χ1v) is 8.64. The van der Waals surface area contributed by atoms with E-state index in [1.807, 2.05) is 57.2 Å². The molecule has 0 aliphatic carbocycles. The highest BCUT2D eigenvalue weighted by Gasteiger charge is 2.28. The molecule has 3 nitrogen and oxygen atoms in total. The van der Waals surface area contributed by atoms with E-state index in [4.69, 9.17) is 4.74 Å². The van der Waals surface area contributed by atoms with Crippen LogP contribution in [0.3, 0.4) is 0 Å². The molecule has 0 spiro atoms. The summed E-state index contributed by atoms with van der Waals surface area (Å²) < 4.78 is 6.10. The van der Waals surface area contributed by atoms with Crippen molar-refractivity contribution in [1.82, 2.24) is 0 Å². The number of rotatable bonds is 4. The van der Waals surface area contributed by atoms with Crippen LogP contribution in [0, 0.1) is 6.92 Å². The van der Waals surface area contributed by atoms with E-state index in [1.165, 1.54) is 11.1 Å². The number of hydrogen-bond donors (Lipinski definition) is 1. The minimum absolute atomic E-state index is 0.0635. The standard InChI is InChI=1S/C22H24O3/c1-14(2)4-7-17-10-19-20(24)12-21(16-8-5-15(3)6-9-16)25-22(19)11-18(17)13-23/h4-6,8-11,21,23H,7,12-13H2,1-3H3. The van der Waals surface area contributed by atoms with Gasteiger partial charge in [0.05, 0.1) is 18.6 Å². The second kappa shape index (κ2) is 7.24. The number of ketones is 1. The highest BCUT2D eigenvalue weighted by Crippen LogP contribution is 2.37. The average Bonchev–Trinajstić information content (AvgIpc) is 2.59. The zero-order chi connectivity index (χ0) is 18.0. The van der Waals surface area contributed by atoms with Crippen molar-refractivity contribution in [1.29, 1.82) is 0 Å². The van der Waals surface area contributed by atoms with Gasteiger partial charge in [-0.15, -0.1) is 0 Å². The number of ether oxygens (including phenoxy) is 1. The van der Waals surface area contributed by atoms with Crippen LogP contribution in [0.15, 0.2) is 48.0 Å². The molecule has 25 heavy (non-hydrogen) atoms. The van der Waals surface area contributed by atoms with Gasteiger partial charge in [0.1, 0.15) is 11.9 Å². The predicted molar refractivity (Wildman–Crippen MR) is 99.0 cm³/mol. The lowest BCUT2D eigenvalue weighted by Crippen LogP contribution is -2.21. The number of carbonyl (C=O) groups is 1. The third-order valence-corrected chi connectivity index (χ3v) is 4.59. The molecule has 0 radical (unpaired) electrons. The van der Waals surface area contributed by atoms with Crippen LogP contribution in [0.1, 0.15) is 59.0 Å². The molecule has 3 heteroatoms. The van der Waals surface area contributed by atoms with Gasteiger partial charge in [-0.1, -0.05) is 41.5 Å². The van der Waals surface area contributed by atoms with Gasteiger partial charge in [-0.05, 0) is 56.0 Å². The molecule has 1 heterocycles. The van der Waals surface area contributed by atoms with Gasteiger partial charge in [0, 0.05) is 0 Å². The summed E-state index contributed by atoms with van der Waals surface area (Å²) in [7, 11) is 0. The fraction of sp³-hybridized carbons (Fsp3) is 0.318. The molecule has 1 unspecified atom stereocenters. The van der Waals surface area contributed by atoms with Crippen molar-refractivity contribution >= 4 is 5.78 Å². The van der Waals surface area contributed by atoms with Crippen LogP contribution in [-0.4, -0.2) is 10.9 Å². The summed E-state index contributed by atoms with van der Waals surface area (Å²) in [6.45, 7) is 6.05. The molecule has 0 amide bonds. The number of carbonyl (C=O) groups excluding carboxylic acids is 1. The maximum atomic E-state index is 12.7. The minimum atomic E-state index is -0.268. The molecule has 2 aromatic carbocycles. The van der Waals surface area contributed by atoms with Crippen LogP contribution in [0.2, 0.25) is 0 Å². The van der Waals surface area contributed by atoms with Gasteiger partial charge in [-0.25, -0.2) is 0 Å². The molecule has 2 aromatic rings. The number of aryl methyl sites for hydroxylation is 1. The molecule has 3 rings (SSSR count). The van der Waals surface area contributed by atoms with Crippen LogP contribution in [0.25, 0.3) is 0 Å². The van der Waals surface area contributed by atoms with E-state index >= 15 is 0 Å². The van der Waals surface area contributed by atoms with Crippen molar-refractivity contribution in [3.8, 4) is 5.75 Å². The first-order valence-electron chi connectivity index (χ1n) is 8.64. The van der Waals surface area contributed by atoms with Crippen molar-refractivity contribution in [2.45, 2.75) is 46.3 Å². The Bertz CT molecular complexity index is 812. The smallest absolute Gasteiger partial charge is 0.170 e. The fourth-order valence-corrected chi connectivity index (χ4v) is 3.07. The minimum Gasteiger partial charge on any atom is -0.484 e. The zero-order valence-electron chi connectivity index (χ0n) is 15.0. The third kappa shape index (κ3) is 3.83. The molecular weight excluding hydrogens is 312 g/mol. The SMILES string of the molecule is CC(C)=CCc1cc2c(cc1CO)OC(c1ccc(C)cc1)CC2=O. The maximum Gasteiger partial charge on any atom is 0.170 e. The Morgan fingerprint density at radius 3 is 2.56 bits per heavy atom. The van der Waals surface area contributed by atoms with Crippen LogP contribution >= 0.6 is 0 Å². The first-order chi connectivity index (χ1) is 12.0. The highest BCUT2D eigenvalue weighted by molar-refractivity contribution is 6.00. The first kappa shape index (κ1) is 17.4. The van der Waals surface area contributed by atoms with Crippen LogP contribution in [0.5, 0.6) is 5.75 Å². The predicted octanol–water partition coefficient (Wildman–Crippen LogP) is 4.70. The van der Waals surface area contributed by atoms with E-state index in [1.54, 1.807) is 0 Å². The van der Waals surface area contributed by atoms with Crippen molar-refractivity contribution in [2.24, 2.45) is 0 Å². The molecule has 0 bridgehead atoms. The van der Waals surface area contributed by atoms with Gasteiger partial charge in [-0.3, -0.25) is 4.79 Å². The number of hydrogen-bond acceptors (Lipinski definition) is 3. The van der Waals surface area contributed by atoms with E-state index in [2.05, 4.69) is 6.08 Å². The molecule has 1 aliphatic rings. The zero-order valence-corrected chi connectivity index (χ0v) is 15.0. The van der Waals surface area contributed by atoms with Crippen LogP contribution in [0.4, 0.5) is 0 Å². The molecule has 1 aliphatic heterocycles. The Labute approximate surface area is 149 Å². The molecule has 0 aromatic heterocycles. The Kier molecular flexibility index (Phi) is 5.05. The maximum absolute atomic E-state index is 12.7. The summed E-state index contributed by atoms with van der Waals surface area (Å²) in [5.74, 6) is 0.668. The monoisotopic (exact) mass is 336 g/mol. The molecule has 0 fully saturated rings. The van der Waals surface area contributed by atoms with Crippen LogP contribution in [-0.2, 0) is 13.0 Å². The van der Waals surface area contributed by atoms with Gasteiger partial charge in [0.15, 0.2) is 5.78 Å². The normalized spacial score (nSPS) is 16.2. The number of allylic oxidation sites excluding steroid dienone is 2. The average molecular weight is 336 g/mol. The summed E-state index contributed by atoms with van der Waals surface area (Å²) in [5.41, 5.74) is 5.81. The largest absolute Gasteiger partial charge is 0.484 e. The van der Waals surface area contributed by atoms with E-state index < -0.39 is 0 Å². The molecule has 1 atom stereocenters. The Balaban J connectivity index is 1.94. The van der Waals surface area contributed by atoms with E-state index in [0.717, 1.165) is 16.7 Å². The third-order valence-electron chi connectivity index (χ3n) is 4.59. The Morgan fingerprint density at radius 2 is 1.92 bits per heavy atom. The van der Waals surface area contributed by atoms with Gasteiger partial charge in [-0.2, -0.15) is 0 Å². The van der Waals surface area contributed by atoms with E-state index in [0.29, 0.717) is 24.2 Å². The summed E-state index contributed by atoms with van der Waals surface area (Å²) >= 11 is 0. The van der Waals surface area contributed by atoms with Gasteiger partial charge in [0.2, 0.25) is 0 Å². The second-order valence-electron chi connectivity index (χ2n) is 6.91. The van der Waals surface area contributed by atoms with Gasteiger partial charge < -0.3 is 9.84 Å². The lowest BCUT2D eigenvalue weighted by atomic mass is 9.92. The number of aliphatic hydroxyl groups is 1. The highest BCUT2D eigenvalue weighted by atomic mass is 16.5. The van der Waals surface area contributed by atoms with E-state index in [9.17, 15) is 9.90 Å². The number of fused-ring (bicyclic) bond motifs is 1. The van der Waals surface area contributed by atoms with E-state index in [-0.39, 0.29) is 18.5 Å². The number of benzene rings is 2. The summed E-state index contributed by atoms with van der Waals surface area (Å²) in [6.07, 6.45) is 2.89. The van der Waals surface area contributed by atoms with Crippen molar-refractivity contribution < 1.29 is 14.6 Å². The lowest BCUT2D eigenvalue weighted by Gasteiger charge is -2.27. The molecule has 0 saturated heterocycles. The molecule has 130 valence electrons. The van der Waals surface area contributed by atoms with Gasteiger partial charge in [0.25, 0.3) is 0 Å². The number of Topliss-reactive ketones (excluding diaryl/α,β-unsaturated/α-hetero) is 1. The van der Waals surface area contributed by atoms with Crippen molar-refractivity contribution in [2.75, 3.05) is 0 Å². The summed E-state index contributed by atoms with van der Waals surface area (Å²) in [4.78, 5) is 12.7. The molecular formula is C22H24O3. The lowest BCUT2D eigenvalue weighted by molar-refractivity contribution is 0.0849. The summed E-state index contributed by atoms with van der Waals surface area (Å²) in [6, 6.07) is 11.8. The molecule has 0 saturated carbocycles. The Morgan fingerprint density at radius 1 is 1.20 bits per heavy atom. The second-order valence-corrected chi connectivity index (χ2v) is 6.91. The van der Waals surface area contributed by atoms with Crippen molar-refractivity contribution in [3.63, 3.8) is 0 Å².